The highest BCUT2D eigenvalue weighted by atomic mass is 16.2. The SMILES string of the molecule is CC(=O)Nc1ccc2c(c1)C[C@@H]1[C@H]2CCCN1C(=O)c1ccc2nc[nH]c2c1. The summed E-state index contributed by atoms with van der Waals surface area (Å²) < 4.78 is 0. The molecule has 2 N–H and O–H groups in total. The van der Waals surface area contributed by atoms with E-state index in [0.717, 1.165) is 42.5 Å². The zero-order chi connectivity index (χ0) is 19.3. The summed E-state index contributed by atoms with van der Waals surface area (Å²) in [6.45, 7) is 2.30. The van der Waals surface area contributed by atoms with Crippen LogP contribution in [0, 0.1) is 0 Å². The Labute approximate surface area is 163 Å². The Balaban J connectivity index is 1.44. The molecule has 1 aromatic heterocycles. The third kappa shape index (κ3) is 2.76. The smallest absolute Gasteiger partial charge is 0.254 e. The minimum Gasteiger partial charge on any atom is -0.345 e. The van der Waals surface area contributed by atoms with Crippen LogP contribution in [-0.4, -0.2) is 39.3 Å². The fourth-order valence-electron chi connectivity index (χ4n) is 4.81. The monoisotopic (exact) mass is 374 g/mol. The van der Waals surface area contributed by atoms with Gasteiger partial charge in [0.25, 0.3) is 5.91 Å². The molecule has 0 spiro atoms. The first kappa shape index (κ1) is 17.0. The number of piperidine rings is 1. The van der Waals surface area contributed by atoms with E-state index < -0.39 is 0 Å². The number of aromatic amines is 1. The van der Waals surface area contributed by atoms with Crippen LogP contribution >= 0.6 is 0 Å². The van der Waals surface area contributed by atoms with Gasteiger partial charge in [0.1, 0.15) is 0 Å². The van der Waals surface area contributed by atoms with Gasteiger partial charge in [0.15, 0.2) is 0 Å². The van der Waals surface area contributed by atoms with E-state index in [1.165, 1.54) is 18.1 Å². The topological polar surface area (TPSA) is 78.1 Å². The molecular formula is C22H22N4O2. The lowest BCUT2D eigenvalue weighted by atomic mass is 9.88. The largest absolute Gasteiger partial charge is 0.345 e. The van der Waals surface area contributed by atoms with Crippen molar-refractivity contribution in [2.24, 2.45) is 0 Å². The van der Waals surface area contributed by atoms with Gasteiger partial charge in [0, 0.05) is 36.7 Å². The molecule has 2 aromatic carbocycles. The summed E-state index contributed by atoms with van der Waals surface area (Å²) in [6.07, 6.45) is 4.59. The predicted octanol–water partition coefficient (Wildman–Crippen LogP) is 3.47. The van der Waals surface area contributed by atoms with Crippen molar-refractivity contribution < 1.29 is 9.59 Å². The maximum absolute atomic E-state index is 13.3. The van der Waals surface area contributed by atoms with Crippen molar-refractivity contribution >= 4 is 28.5 Å². The fourth-order valence-corrected chi connectivity index (χ4v) is 4.81. The molecule has 1 fully saturated rings. The highest BCUT2D eigenvalue weighted by molar-refractivity contribution is 5.97. The van der Waals surface area contributed by atoms with Crippen LogP contribution in [0.5, 0.6) is 0 Å². The van der Waals surface area contributed by atoms with E-state index in [1.54, 1.807) is 6.33 Å². The molecule has 0 saturated carbocycles. The summed E-state index contributed by atoms with van der Waals surface area (Å²) in [7, 11) is 0. The molecule has 2 amide bonds. The number of anilines is 1. The number of hydrogen-bond donors (Lipinski definition) is 2. The third-order valence-corrected chi connectivity index (χ3v) is 6.00. The maximum atomic E-state index is 13.3. The normalized spacial score (nSPS) is 20.7. The van der Waals surface area contributed by atoms with Crippen molar-refractivity contribution in [1.82, 2.24) is 14.9 Å². The lowest BCUT2D eigenvalue weighted by molar-refractivity contribution is -0.114. The van der Waals surface area contributed by atoms with E-state index in [0.29, 0.717) is 11.5 Å². The van der Waals surface area contributed by atoms with Crippen molar-refractivity contribution in [3.05, 3.63) is 59.4 Å². The van der Waals surface area contributed by atoms with Gasteiger partial charge in [-0.1, -0.05) is 6.07 Å². The summed E-state index contributed by atoms with van der Waals surface area (Å²) in [5, 5.41) is 2.86. The Hall–Kier alpha value is -3.15. The van der Waals surface area contributed by atoms with E-state index >= 15 is 0 Å². The van der Waals surface area contributed by atoms with E-state index in [9.17, 15) is 9.59 Å². The van der Waals surface area contributed by atoms with Gasteiger partial charge in [-0.05, 0) is 60.7 Å². The number of fused-ring (bicyclic) bond motifs is 4. The molecular weight excluding hydrogens is 352 g/mol. The summed E-state index contributed by atoms with van der Waals surface area (Å²) in [6, 6.07) is 12.0. The van der Waals surface area contributed by atoms with Crippen LogP contribution < -0.4 is 5.32 Å². The van der Waals surface area contributed by atoms with E-state index in [1.807, 2.05) is 29.2 Å². The number of likely N-dealkylation sites (tertiary alicyclic amines) is 1. The van der Waals surface area contributed by atoms with Gasteiger partial charge in [0.2, 0.25) is 5.91 Å². The number of imidazole rings is 1. The number of nitrogens with zero attached hydrogens (tertiary/aromatic N) is 2. The van der Waals surface area contributed by atoms with Crippen molar-refractivity contribution in [3.63, 3.8) is 0 Å². The highest BCUT2D eigenvalue weighted by Crippen LogP contribution is 2.43. The highest BCUT2D eigenvalue weighted by Gasteiger charge is 2.41. The lowest BCUT2D eigenvalue weighted by Crippen LogP contribution is -2.46. The molecule has 6 heteroatoms. The van der Waals surface area contributed by atoms with Gasteiger partial charge >= 0.3 is 0 Å². The first-order valence-corrected chi connectivity index (χ1v) is 9.74. The van der Waals surface area contributed by atoms with Crippen molar-refractivity contribution in [2.75, 3.05) is 11.9 Å². The quantitative estimate of drug-likeness (QED) is 0.721. The summed E-state index contributed by atoms with van der Waals surface area (Å²) in [4.78, 5) is 34.0. The molecule has 1 aliphatic heterocycles. The van der Waals surface area contributed by atoms with E-state index in [2.05, 4.69) is 27.4 Å². The fraction of sp³-hybridized carbons (Fsp3) is 0.318. The minimum absolute atomic E-state index is 0.0682. The molecule has 0 radical (unpaired) electrons. The molecule has 1 aliphatic carbocycles. The number of H-pyrrole nitrogens is 1. The zero-order valence-electron chi connectivity index (χ0n) is 15.7. The summed E-state index contributed by atoms with van der Waals surface area (Å²) in [5.41, 5.74) is 5.84. The molecule has 2 atom stereocenters. The first-order valence-electron chi connectivity index (χ1n) is 9.74. The third-order valence-electron chi connectivity index (χ3n) is 6.00. The molecule has 2 heterocycles. The van der Waals surface area contributed by atoms with Gasteiger partial charge in [-0.2, -0.15) is 0 Å². The summed E-state index contributed by atoms with van der Waals surface area (Å²) >= 11 is 0. The number of hydrogen-bond acceptors (Lipinski definition) is 3. The number of benzene rings is 2. The van der Waals surface area contributed by atoms with Crippen LogP contribution in [0.15, 0.2) is 42.7 Å². The van der Waals surface area contributed by atoms with E-state index in [-0.39, 0.29) is 17.9 Å². The van der Waals surface area contributed by atoms with Crippen LogP contribution in [0.2, 0.25) is 0 Å². The predicted molar refractivity (Wildman–Crippen MR) is 107 cm³/mol. The van der Waals surface area contributed by atoms with E-state index in [4.69, 9.17) is 0 Å². The standard InChI is InChI=1S/C22H22N4O2/c1-13(27)25-16-5-6-17-15(9-16)11-21-18(17)3-2-8-26(21)22(28)14-4-7-19-20(10-14)24-12-23-19/h4-7,9-10,12,18,21H,2-3,8,11H2,1H3,(H,23,24)(H,25,27)/t18-,21+/m0/s1. The average Bonchev–Trinajstić information content (AvgIpc) is 3.29. The molecule has 5 rings (SSSR count). The van der Waals surface area contributed by atoms with Gasteiger partial charge < -0.3 is 15.2 Å². The Morgan fingerprint density at radius 1 is 1.21 bits per heavy atom. The molecule has 1 saturated heterocycles. The second-order valence-corrected chi connectivity index (χ2v) is 7.75. The lowest BCUT2D eigenvalue weighted by Gasteiger charge is -2.38. The van der Waals surface area contributed by atoms with Crippen molar-refractivity contribution in [1.29, 1.82) is 0 Å². The van der Waals surface area contributed by atoms with Gasteiger partial charge in [-0.15, -0.1) is 0 Å². The van der Waals surface area contributed by atoms with Crippen LogP contribution in [0.25, 0.3) is 11.0 Å². The Morgan fingerprint density at radius 2 is 2.11 bits per heavy atom. The number of carbonyl (C=O) groups excluding carboxylic acids is 2. The van der Waals surface area contributed by atoms with Gasteiger partial charge in [-0.3, -0.25) is 9.59 Å². The first-order chi connectivity index (χ1) is 13.6. The second-order valence-electron chi connectivity index (χ2n) is 7.75. The van der Waals surface area contributed by atoms with Crippen molar-refractivity contribution in [2.45, 2.75) is 38.1 Å². The Kier molecular flexibility index (Phi) is 3.93. The van der Waals surface area contributed by atoms with Gasteiger partial charge in [0.05, 0.1) is 17.4 Å². The zero-order valence-corrected chi connectivity index (χ0v) is 15.7. The van der Waals surface area contributed by atoms with Crippen LogP contribution in [0.1, 0.15) is 47.2 Å². The number of amides is 2. The maximum Gasteiger partial charge on any atom is 0.254 e. The number of rotatable bonds is 2. The molecule has 2 aliphatic rings. The Bertz CT molecular complexity index is 1090. The second kappa shape index (κ2) is 6.48. The summed E-state index contributed by atoms with van der Waals surface area (Å²) in [5.74, 6) is 0.387. The molecule has 28 heavy (non-hydrogen) atoms. The Morgan fingerprint density at radius 3 is 2.96 bits per heavy atom. The van der Waals surface area contributed by atoms with Crippen LogP contribution in [0.4, 0.5) is 5.69 Å². The average molecular weight is 374 g/mol. The molecule has 3 aromatic rings. The molecule has 142 valence electrons. The van der Waals surface area contributed by atoms with Gasteiger partial charge in [-0.25, -0.2) is 4.98 Å². The number of carbonyl (C=O) groups is 2. The number of aromatic nitrogens is 2. The molecule has 0 unspecified atom stereocenters. The minimum atomic E-state index is -0.0682. The molecule has 6 nitrogen and oxygen atoms in total. The van der Waals surface area contributed by atoms with Crippen LogP contribution in [0.3, 0.4) is 0 Å². The number of nitrogens with one attached hydrogen (secondary N) is 2. The van der Waals surface area contributed by atoms with Crippen molar-refractivity contribution in [3.8, 4) is 0 Å². The molecule has 0 bridgehead atoms. The van der Waals surface area contributed by atoms with Crippen LogP contribution in [-0.2, 0) is 11.2 Å².